The fourth-order valence-electron chi connectivity index (χ4n) is 1.64. The Balaban J connectivity index is 2.13. The Morgan fingerprint density at radius 3 is 2.82 bits per heavy atom. The summed E-state index contributed by atoms with van der Waals surface area (Å²) in [6.07, 6.45) is 0.874. The highest BCUT2D eigenvalue weighted by molar-refractivity contribution is 7.15. The Hall–Kier alpha value is -0.910. The fourth-order valence-corrected chi connectivity index (χ4v) is 3.36. The largest absolute Gasteiger partial charge is 0.391 e. The van der Waals surface area contributed by atoms with E-state index in [1.807, 2.05) is 7.05 Å². The van der Waals surface area contributed by atoms with Crippen LogP contribution in [0.1, 0.15) is 22.4 Å². The van der Waals surface area contributed by atoms with Gasteiger partial charge in [-0.2, -0.15) is 0 Å². The zero-order valence-corrected chi connectivity index (χ0v) is 11.6. The van der Waals surface area contributed by atoms with Gasteiger partial charge in [0.1, 0.15) is 0 Å². The molecular weight excluding hydrogens is 252 g/mol. The molecule has 0 saturated carbocycles. The number of aliphatic hydroxyl groups excluding tert-OH is 1. The van der Waals surface area contributed by atoms with Crippen LogP contribution in [0.2, 0.25) is 0 Å². The van der Waals surface area contributed by atoms with E-state index >= 15 is 0 Å². The number of rotatable bonds is 5. The van der Waals surface area contributed by atoms with E-state index in [4.69, 9.17) is 0 Å². The van der Waals surface area contributed by atoms with Gasteiger partial charge in [-0.3, -0.25) is 0 Å². The third-order valence-electron chi connectivity index (χ3n) is 2.55. The molecule has 0 aliphatic carbocycles. The number of hydrogen-bond acceptors (Lipinski definition) is 5. The summed E-state index contributed by atoms with van der Waals surface area (Å²) >= 11 is 3.34. The van der Waals surface area contributed by atoms with Gasteiger partial charge in [-0.25, -0.2) is 4.98 Å². The lowest BCUT2D eigenvalue weighted by Crippen LogP contribution is -2.15. The lowest BCUT2D eigenvalue weighted by atomic mass is 10.3. The monoisotopic (exact) mass is 268 g/mol. The van der Waals surface area contributed by atoms with Crippen molar-refractivity contribution in [3.8, 4) is 0 Å². The molecule has 0 aliphatic rings. The first-order valence-corrected chi connectivity index (χ1v) is 7.27. The van der Waals surface area contributed by atoms with E-state index in [0.717, 1.165) is 28.7 Å². The molecule has 0 aromatic carbocycles. The molecule has 0 saturated heterocycles. The van der Waals surface area contributed by atoms with Gasteiger partial charge in [-0.15, -0.1) is 11.3 Å². The van der Waals surface area contributed by atoms with Gasteiger partial charge in [-0.1, -0.05) is 24.3 Å². The van der Waals surface area contributed by atoms with Gasteiger partial charge in [-0.05, 0) is 17.9 Å². The van der Waals surface area contributed by atoms with Crippen LogP contribution in [-0.2, 0) is 19.6 Å². The van der Waals surface area contributed by atoms with Gasteiger partial charge in [0.25, 0.3) is 0 Å². The molecular formula is C12H16N2OS2. The maximum Gasteiger partial charge on any atom is 0.185 e. The predicted molar refractivity (Wildman–Crippen MR) is 73.8 cm³/mol. The molecule has 0 unspecified atom stereocenters. The number of nitrogens with zero attached hydrogens (tertiary/aromatic N) is 2. The van der Waals surface area contributed by atoms with Crippen molar-refractivity contribution < 1.29 is 5.11 Å². The quantitative estimate of drug-likeness (QED) is 0.906. The zero-order chi connectivity index (χ0) is 12.3. The molecule has 5 heteroatoms. The molecule has 0 aliphatic heterocycles. The van der Waals surface area contributed by atoms with Crippen molar-refractivity contribution in [1.82, 2.24) is 4.98 Å². The molecule has 2 rings (SSSR count). The van der Waals surface area contributed by atoms with Crippen molar-refractivity contribution >= 4 is 27.8 Å². The number of aliphatic hydroxyl groups is 1. The summed E-state index contributed by atoms with van der Waals surface area (Å²) in [5.74, 6) is 0. The van der Waals surface area contributed by atoms with E-state index in [0.29, 0.717) is 0 Å². The average Bonchev–Trinajstić information content (AvgIpc) is 2.96. The second-order valence-corrected chi connectivity index (χ2v) is 5.91. The number of aryl methyl sites for hydroxylation is 1. The summed E-state index contributed by atoms with van der Waals surface area (Å²) in [7, 11) is 2.04. The SMILES string of the molecule is CCc1nc(N(C)Cc2cccs2)sc1CO. The third-order valence-corrected chi connectivity index (χ3v) is 4.60. The van der Waals surface area contributed by atoms with E-state index in [2.05, 4.69) is 34.3 Å². The van der Waals surface area contributed by atoms with Gasteiger partial charge in [0, 0.05) is 11.9 Å². The highest BCUT2D eigenvalue weighted by Gasteiger charge is 2.12. The van der Waals surface area contributed by atoms with E-state index in [1.54, 1.807) is 22.7 Å². The minimum Gasteiger partial charge on any atom is -0.391 e. The summed E-state index contributed by atoms with van der Waals surface area (Å²) in [5.41, 5.74) is 1.02. The van der Waals surface area contributed by atoms with Crippen molar-refractivity contribution in [3.63, 3.8) is 0 Å². The van der Waals surface area contributed by atoms with Crippen LogP contribution in [0.3, 0.4) is 0 Å². The Bertz CT molecular complexity index is 443. The first kappa shape index (κ1) is 12.5. The number of thiazole rings is 1. The van der Waals surface area contributed by atoms with Crippen LogP contribution >= 0.6 is 22.7 Å². The summed E-state index contributed by atoms with van der Waals surface area (Å²) in [6, 6.07) is 4.19. The summed E-state index contributed by atoms with van der Waals surface area (Å²) in [4.78, 5) is 9.01. The molecule has 0 spiro atoms. The lowest BCUT2D eigenvalue weighted by molar-refractivity contribution is 0.284. The highest BCUT2D eigenvalue weighted by atomic mass is 32.1. The van der Waals surface area contributed by atoms with Crippen LogP contribution in [0.5, 0.6) is 0 Å². The minimum absolute atomic E-state index is 0.0910. The maximum absolute atomic E-state index is 9.26. The Morgan fingerprint density at radius 1 is 1.47 bits per heavy atom. The van der Waals surface area contributed by atoms with E-state index in [-0.39, 0.29) is 6.61 Å². The van der Waals surface area contributed by atoms with Crippen LogP contribution in [0, 0.1) is 0 Å². The molecule has 0 fully saturated rings. The van der Waals surface area contributed by atoms with E-state index in [9.17, 15) is 5.11 Å². The van der Waals surface area contributed by atoms with Crippen molar-refractivity contribution in [2.75, 3.05) is 11.9 Å². The molecule has 2 aromatic heterocycles. The van der Waals surface area contributed by atoms with Crippen LogP contribution in [-0.4, -0.2) is 17.1 Å². The number of thiophene rings is 1. The third kappa shape index (κ3) is 2.86. The van der Waals surface area contributed by atoms with E-state index < -0.39 is 0 Å². The number of hydrogen-bond donors (Lipinski definition) is 1. The molecule has 0 amide bonds. The summed E-state index contributed by atoms with van der Waals surface area (Å²) < 4.78 is 0. The Morgan fingerprint density at radius 2 is 2.29 bits per heavy atom. The summed E-state index contributed by atoms with van der Waals surface area (Å²) in [6.45, 7) is 3.03. The normalized spacial score (nSPS) is 10.8. The van der Waals surface area contributed by atoms with Crippen molar-refractivity contribution in [3.05, 3.63) is 33.0 Å². The first-order chi connectivity index (χ1) is 8.24. The number of aromatic nitrogens is 1. The highest BCUT2D eigenvalue weighted by Crippen LogP contribution is 2.27. The Labute approximate surface area is 109 Å². The lowest BCUT2D eigenvalue weighted by Gasteiger charge is -2.14. The van der Waals surface area contributed by atoms with Gasteiger partial charge >= 0.3 is 0 Å². The smallest absolute Gasteiger partial charge is 0.185 e. The standard InChI is InChI=1S/C12H16N2OS2/c1-3-10-11(8-15)17-12(13-10)14(2)7-9-5-4-6-16-9/h4-6,15H,3,7-8H2,1-2H3. The second kappa shape index (κ2) is 5.62. The second-order valence-electron chi connectivity index (χ2n) is 3.81. The van der Waals surface area contributed by atoms with Crippen molar-refractivity contribution in [2.24, 2.45) is 0 Å². The zero-order valence-electron chi connectivity index (χ0n) is 10.0. The molecule has 0 bridgehead atoms. The number of anilines is 1. The molecule has 0 atom stereocenters. The van der Waals surface area contributed by atoms with Gasteiger partial charge < -0.3 is 10.0 Å². The first-order valence-electron chi connectivity index (χ1n) is 5.57. The van der Waals surface area contributed by atoms with E-state index in [1.165, 1.54) is 4.88 Å². The van der Waals surface area contributed by atoms with Gasteiger partial charge in [0.2, 0.25) is 0 Å². The summed E-state index contributed by atoms with van der Waals surface area (Å²) in [5, 5.41) is 12.3. The molecule has 3 nitrogen and oxygen atoms in total. The molecule has 2 aromatic rings. The Kier molecular flexibility index (Phi) is 4.15. The molecule has 1 N–H and O–H groups in total. The predicted octanol–water partition coefficient (Wildman–Crippen LogP) is 2.90. The molecule has 0 radical (unpaired) electrons. The van der Waals surface area contributed by atoms with Crippen molar-refractivity contribution in [1.29, 1.82) is 0 Å². The molecule has 2 heterocycles. The van der Waals surface area contributed by atoms with Crippen LogP contribution in [0.25, 0.3) is 0 Å². The van der Waals surface area contributed by atoms with Crippen LogP contribution in [0.4, 0.5) is 5.13 Å². The van der Waals surface area contributed by atoms with Crippen LogP contribution < -0.4 is 4.90 Å². The van der Waals surface area contributed by atoms with Crippen molar-refractivity contribution in [2.45, 2.75) is 26.5 Å². The fraction of sp³-hybridized carbons (Fsp3) is 0.417. The average molecular weight is 268 g/mol. The van der Waals surface area contributed by atoms with Gasteiger partial charge in [0.15, 0.2) is 5.13 Å². The minimum atomic E-state index is 0.0910. The molecule has 92 valence electrons. The van der Waals surface area contributed by atoms with Gasteiger partial charge in [0.05, 0.1) is 23.7 Å². The van der Waals surface area contributed by atoms with Crippen LogP contribution in [0.15, 0.2) is 17.5 Å². The molecule has 17 heavy (non-hydrogen) atoms. The maximum atomic E-state index is 9.26. The topological polar surface area (TPSA) is 36.4 Å².